The summed E-state index contributed by atoms with van der Waals surface area (Å²) in [5.41, 5.74) is 0.387. The van der Waals surface area contributed by atoms with E-state index in [0.29, 0.717) is 34.0 Å². The Morgan fingerprint density at radius 2 is 2.25 bits per heavy atom. The summed E-state index contributed by atoms with van der Waals surface area (Å²) < 4.78 is 10.7. The molecule has 128 valence electrons. The number of ether oxygens (including phenoxy) is 1. The second-order valence-electron chi connectivity index (χ2n) is 6.09. The Labute approximate surface area is 145 Å². The second-order valence-corrected chi connectivity index (χ2v) is 6.49. The molecule has 3 rings (SSSR count). The quantitative estimate of drug-likeness (QED) is 0.897. The Bertz CT molecular complexity index is 732. The highest BCUT2D eigenvalue weighted by molar-refractivity contribution is 6.34. The first-order chi connectivity index (χ1) is 11.6. The van der Waals surface area contributed by atoms with Gasteiger partial charge in [-0.25, -0.2) is 0 Å². The largest absolute Gasteiger partial charge is 0.496 e. The lowest BCUT2D eigenvalue weighted by molar-refractivity contribution is 0.0934. The first-order valence-electron chi connectivity index (χ1n) is 7.99. The zero-order chi connectivity index (χ0) is 17.1. The van der Waals surface area contributed by atoms with E-state index in [2.05, 4.69) is 15.5 Å². The van der Waals surface area contributed by atoms with Gasteiger partial charge >= 0.3 is 0 Å². The number of hydrogen-bond acceptors (Lipinski definition) is 5. The zero-order valence-corrected chi connectivity index (χ0v) is 14.5. The van der Waals surface area contributed by atoms with Gasteiger partial charge in [0.1, 0.15) is 5.75 Å². The third kappa shape index (κ3) is 3.70. The van der Waals surface area contributed by atoms with Gasteiger partial charge < -0.3 is 14.5 Å². The van der Waals surface area contributed by atoms with Crippen LogP contribution < -0.4 is 10.1 Å². The Kier molecular flexibility index (Phi) is 5.04. The van der Waals surface area contributed by atoms with E-state index in [1.54, 1.807) is 25.1 Å². The van der Waals surface area contributed by atoms with Gasteiger partial charge in [-0.15, -0.1) is 10.2 Å². The molecule has 1 aromatic carbocycles. The van der Waals surface area contributed by atoms with Crippen molar-refractivity contribution in [3.05, 3.63) is 40.6 Å². The highest BCUT2D eigenvalue weighted by Crippen LogP contribution is 2.30. The predicted octanol–water partition coefficient (Wildman–Crippen LogP) is 3.18. The molecule has 1 N–H and O–H groups in total. The maximum Gasteiger partial charge on any atom is 0.256 e. The van der Waals surface area contributed by atoms with E-state index >= 15 is 0 Å². The summed E-state index contributed by atoms with van der Waals surface area (Å²) in [6.45, 7) is 1.78. The molecule has 0 bridgehead atoms. The number of hydrogen-bond donors (Lipinski definition) is 1. The van der Waals surface area contributed by atoms with Crippen LogP contribution in [-0.4, -0.2) is 29.3 Å². The van der Waals surface area contributed by atoms with Crippen molar-refractivity contribution in [2.75, 3.05) is 7.11 Å². The monoisotopic (exact) mass is 349 g/mol. The third-order valence-electron chi connectivity index (χ3n) is 4.33. The molecule has 0 aliphatic heterocycles. The fraction of sp³-hybridized carbons (Fsp3) is 0.471. The second kappa shape index (κ2) is 7.21. The van der Waals surface area contributed by atoms with E-state index in [9.17, 15) is 4.79 Å². The van der Waals surface area contributed by atoms with E-state index in [0.717, 1.165) is 25.7 Å². The van der Waals surface area contributed by atoms with Crippen molar-refractivity contribution in [2.24, 2.45) is 5.92 Å². The number of aromatic nitrogens is 2. The molecule has 1 aliphatic carbocycles. The van der Waals surface area contributed by atoms with Crippen molar-refractivity contribution in [1.29, 1.82) is 0 Å². The molecular formula is C17H20ClN3O3. The minimum absolute atomic E-state index is 0.118. The molecule has 1 amide bonds. The molecule has 1 aliphatic rings. The predicted molar refractivity (Wildman–Crippen MR) is 89.3 cm³/mol. The number of carbonyl (C=O) groups is 1. The van der Waals surface area contributed by atoms with Crippen molar-refractivity contribution in [2.45, 2.75) is 38.6 Å². The summed E-state index contributed by atoms with van der Waals surface area (Å²) in [6.07, 6.45) is 3.59. The Morgan fingerprint density at radius 3 is 2.96 bits per heavy atom. The number of nitrogens with zero attached hydrogens (tertiary/aromatic N) is 2. The molecule has 1 fully saturated rings. The summed E-state index contributed by atoms with van der Waals surface area (Å²) in [7, 11) is 1.53. The number of methoxy groups -OCH3 is 1. The summed E-state index contributed by atoms with van der Waals surface area (Å²) in [6, 6.07) is 5.30. The fourth-order valence-electron chi connectivity index (χ4n) is 3.21. The molecule has 0 spiro atoms. The molecule has 1 aromatic heterocycles. The summed E-state index contributed by atoms with van der Waals surface area (Å²) in [5.74, 6) is 1.96. The van der Waals surface area contributed by atoms with Gasteiger partial charge in [-0.05, 0) is 37.3 Å². The average molecular weight is 350 g/mol. The molecule has 24 heavy (non-hydrogen) atoms. The van der Waals surface area contributed by atoms with Gasteiger partial charge in [0.15, 0.2) is 0 Å². The first-order valence-corrected chi connectivity index (χ1v) is 8.37. The molecule has 2 atom stereocenters. The summed E-state index contributed by atoms with van der Waals surface area (Å²) in [5, 5.41) is 11.3. The van der Waals surface area contributed by atoms with Crippen LogP contribution in [0.1, 0.15) is 41.4 Å². The molecule has 6 nitrogen and oxygen atoms in total. The normalized spacial score (nSPS) is 20.1. The van der Waals surface area contributed by atoms with Gasteiger partial charge in [-0.2, -0.15) is 0 Å². The third-order valence-corrected chi connectivity index (χ3v) is 4.64. The molecule has 7 heteroatoms. The lowest BCUT2D eigenvalue weighted by Crippen LogP contribution is -2.33. The summed E-state index contributed by atoms with van der Waals surface area (Å²) in [4.78, 5) is 12.6. The highest BCUT2D eigenvalue weighted by atomic mass is 35.5. The Hall–Kier alpha value is -2.08. The molecule has 0 unspecified atom stereocenters. The number of carbonyl (C=O) groups excluding carboxylic acids is 1. The van der Waals surface area contributed by atoms with Crippen LogP contribution in [0.2, 0.25) is 5.02 Å². The fourth-order valence-corrected chi connectivity index (χ4v) is 3.46. The lowest BCUT2D eigenvalue weighted by Gasteiger charge is -2.15. The number of halogens is 1. The van der Waals surface area contributed by atoms with Crippen LogP contribution in [-0.2, 0) is 6.42 Å². The van der Waals surface area contributed by atoms with Crippen LogP contribution in [0.3, 0.4) is 0 Å². The van der Waals surface area contributed by atoms with Crippen molar-refractivity contribution >= 4 is 17.5 Å². The van der Waals surface area contributed by atoms with Crippen LogP contribution in [0.5, 0.6) is 5.75 Å². The SMILES string of the molecule is COc1cccc(Cl)c1C(=O)N[C@H]1CC[C@@H](Cc2nnc(C)o2)C1. The number of benzene rings is 1. The van der Waals surface area contributed by atoms with Crippen LogP contribution in [0.25, 0.3) is 0 Å². The number of amides is 1. The maximum absolute atomic E-state index is 12.6. The smallest absolute Gasteiger partial charge is 0.256 e. The van der Waals surface area contributed by atoms with Crippen molar-refractivity contribution in [1.82, 2.24) is 15.5 Å². The molecule has 1 heterocycles. The van der Waals surface area contributed by atoms with Crippen molar-refractivity contribution in [3.8, 4) is 5.75 Å². The summed E-state index contributed by atoms with van der Waals surface area (Å²) >= 11 is 6.16. The topological polar surface area (TPSA) is 77.2 Å². The van der Waals surface area contributed by atoms with Crippen molar-refractivity contribution < 1.29 is 13.9 Å². The average Bonchev–Trinajstić information content (AvgIpc) is 3.16. The van der Waals surface area contributed by atoms with E-state index in [-0.39, 0.29) is 11.9 Å². The van der Waals surface area contributed by atoms with Crippen LogP contribution in [0, 0.1) is 12.8 Å². The Morgan fingerprint density at radius 1 is 1.42 bits per heavy atom. The molecular weight excluding hydrogens is 330 g/mol. The van der Waals surface area contributed by atoms with Crippen LogP contribution >= 0.6 is 11.6 Å². The highest BCUT2D eigenvalue weighted by Gasteiger charge is 2.28. The van der Waals surface area contributed by atoms with Crippen LogP contribution in [0.15, 0.2) is 22.6 Å². The first kappa shape index (κ1) is 16.8. The lowest BCUT2D eigenvalue weighted by atomic mass is 10.0. The molecule has 0 saturated heterocycles. The van der Waals surface area contributed by atoms with Gasteiger partial charge in [0.25, 0.3) is 5.91 Å². The minimum atomic E-state index is -0.197. The van der Waals surface area contributed by atoms with Gasteiger partial charge in [0.05, 0.1) is 17.7 Å². The number of rotatable bonds is 5. The van der Waals surface area contributed by atoms with Gasteiger partial charge in [0, 0.05) is 19.4 Å². The van der Waals surface area contributed by atoms with Gasteiger partial charge in [-0.3, -0.25) is 4.79 Å². The van der Waals surface area contributed by atoms with Crippen molar-refractivity contribution in [3.63, 3.8) is 0 Å². The van der Waals surface area contributed by atoms with E-state index < -0.39 is 0 Å². The maximum atomic E-state index is 12.6. The molecule has 2 aromatic rings. The Balaban J connectivity index is 1.60. The number of aryl methyl sites for hydroxylation is 1. The van der Waals surface area contributed by atoms with Crippen LogP contribution in [0.4, 0.5) is 0 Å². The molecule has 0 radical (unpaired) electrons. The van der Waals surface area contributed by atoms with Gasteiger partial charge in [-0.1, -0.05) is 17.7 Å². The van der Waals surface area contributed by atoms with E-state index in [1.807, 2.05) is 0 Å². The van der Waals surface area contributed by atoms with E-state index in [1.165, 1.54) is 7.11 Å². The molecule has 1 saturated carbocycles. The standard InChI is InChI=1S/C17H20ClN3O3/c1-10-20-21-15(24-10)9-11-6-7-12(8-11)19-17(22)16-13(18)4-3-5-14(16)23-2/h3-5,11-12H,6-9H2,1-2H3,(H,19,22)/t11-,12+/m1/s1. The number of nitrogens with one attached hydrogen (secondary N) is 1. The minimum Gasteiger partial charge on any atom is -0.496 e. The van der Waals surface area contributed by atoms with Gasteiger partial charge in [0.2, 0.25) is 11.8 Å². The zero-order valence-electron chi connectivity index (χ0n) is 13.7. The van der Waals surface area contributed by atoms with E-state index in [4.69, 9.17) is 20.8 Å².